The summed E-state index contributed by atoms with van der Waals surface area (Å²) < 4.78 is 0. The average molecular weight is 183 g/mol. The zero-order chi connectivity index (χ0) is 8.55. The Bertz CT molecular complexity index is 299. The second-order valence-corrected chi connectivity index (χ2v) is 3.45. The van der Waals surface area contributed by atoms with E-state index in [1.807, 2.05) is 18.2 Å². The second-order valence-electron chi connectivity index (χ2n) is 3.01. The predicted octanol–water partition coefficient (Wildman–Crippen LogP) is 2.20. The summed E-state index contributed by atoms with van der Waals surface area (Å²) >= 11 is 5.89. The van der Waals surface area contributed by atoms with Crippen molar-refractivity contribution in [2.45, 2.75) is 0 Å². The summed E-state index contributed by atoms with van der Waals surface area (Å²) in [4.78, 5) is 2.21. The SMILES string of the molecule is CN1CCNc2ccc(Cl)cc21. The molecule has 0 bridgehead atoms. The number of fused-ring (bicyclic) bond motifs is 1. The van der Waals surface area contributed by atoms with E-state index in [1.54, 1.807) is 0 Å². The number of hydrogen-bond acceptors (Lipinski definition) is 2. The summed E-state index contributed by atoms with van der Waals surface area (Å²) in [5.74, 6) is 0. The Hall–Kier alpha value is -0.890. The maximum Gasteiger partial charge on any atom is 0.0614 e. The number of benzene rings is 1. The zero-order valence-electron chi connectivity index (χ0n) is 6.97. The Morgan fingerprint density at radius 2 is 2.33 bits per heavy atom. The van der Waals surface area contributed by atoms with Gasteiger partial charge in [-0.25, -0.2) is 0 Å². The van der Waals surface area contributed by atoms with Crippen LogP contribution in [-0.4, -0.2) is 20.1 Å². The lowest BCUT2D eigenvalue weighted by Crippen LogP contribution is -2.30. The van der Waals surface area contributed by atoms with Crippen molar-refractivity contribution < 1.29 is 0 Å². The van der Waals surface area contributed by atoms with Crippen LogP contribution in [0.2, 0.25) is 5.02 Å². The third-order valence-corrected chi connectivity index (χ3v) is 2.37. The van der Waals surface area contributed by atoms with Crippen LogP contribution in [0.4, 0.5) is 11.4 Å². The molecule has 0 fully saturated rings. The molecule has 0 spiro atoms. The molecule has 0 saturated carbocycles. The molecule has 64 valence electrons. The molecule has 1 aromatic carbocycles. The van der Waals surface area contributed by atoms with E-state index in [-0.39, 0.29) is 0 Å². The largest absolute Gasteiger partial charge is 0.382 e. The van der Waals surface area contributed by atoms with Gasteiger partial charge in [-0.3, -0.25) is 0 Å². The molecule has 1 aliphatic heterocycles. The number of nitrogens with zero attached hydrogens (tertiary/aromatic N) is 1. The minimum absolute atomic E-state index is 0.796. The van der Waals surface area contributed by atoms with Gasteiger partial charge in [0.25, 0.3) is 0 Å². The molecule has 2 nitrogen and oxygen atoms in total. The van der Waals surface area contributed by atoms with E-state index in [1.165, 1.54) is 11.4 Å². The lowest BCUT2D eigenvalue weighted by Gasteiger charge is -2.28. The van der Waals surface area contributed by atoms with Crippen LogP contribution in [0.1, 0.15) is 0 Å². The minimum atomic E-state index is 0.796. The van der Waals surface area contributed by atoms with Crippen LogP contribution in [0.15, 0.2) is 18.2 Å². The van der Waals surface area contributed by atoms with Gasteiger partial charge >= 0.3 is 0 Å². The maximum absolute atomic E-state index is 5.89. The van der Waals surface area contributed by atoms with Crippen molar-refractivity contribution in [2.24, 2.45) is 0 Å². The van der Waals surface area contributed by atoms with Crippen molar-refractivity contribution in [3.63, 3.8) is 0 Å². The number of halogens is 1. The summed E-state index contributed by atoms with van der Waals surface area (Å²) in [7, 11) is 2.08. The highest BCUT2D eigenvalue weighted by atomic mass is 35.5. The average Bonchev–Trinajstić information content (AvgIpc) is 2.07. The molecule has 1 aromatic rings. The first-order chi connectivity index (χ1) is 5.77. The normalized spacial score (nSPS) is 15.3. The standard InChI is InChI=1S/C9H11ClN2/c1-12-5-4-11-8-3-2-7(10)6-9(8)12/h2-3,6,11H,4-5H2,1H3. The molecular weight excluding hydrogens is 172 g/mol. The highest BCUT2D eigenvalue weighted by molar-refractivity contribution is 6.31. The van der Waals surface area contributed by atoms with Gasteiger partial charge in [-0.2, -0.15) is 0 Å². The lowest BCUT2D eigenvalue weighted by atomic mass is 10.2. The topological polar surface area (TPSA) is 15.3 Å². The summed E-state index contributed by atoms with van der Waals surface area (Å²) in [6.07, 6.45) is 0. The van der Waals surface area contributed by atoms with Gasteiger partial charge in [0.1, 0.15) is 0 Å². The quantitative estimate of drug-likeness (QED) is 0.662. The number of anilines is 2. The van der Waals surface area contributed by atoms with Crippen LogP contribution >= 0.6 is 11.6 Å². The van der Waals surface area contributed by atoms with Crippen LogP contribution in [0.5, 0.6) is 0 Å². The minimum Gasteiger partial charge on any atom is -0.382 e. The first-order valence-electron chi connectivity index (χ1n) is 4.02. The fourth-order valence-electron chi connectivity index (χ4n) is 1.45. The van der Waals surface area contributed by atoms with Crippen LogP contribution in [0.3, 0.4) is 0 Å². The van der Waals surface area contributed by atoms with Gasteiger partial charge in [-0.1, -0.05) is 11.6 Å². The van der Waals surface area contributed by atoms with Crippen molar-refractivity contribution in [1.82, 2.24) is 0 Å². The Labute approximate surface area is 77.1 Å². The molecule has 0 aliphatic carbocycles. The van der Waals surface area contributed by atoms with Crippen LogP contribution < -0.4 is 10.2 Å². The molecule has 3 heteroatoms. The fourth-order valence-corrected chi connectivity index (χ4v) is 1.62. The molecule has 1 aliphatic rings. The molecule has 1 N–H and O–H groups in total. The molecule has 1 heterocycles. The van der Waals surface area contributed by atoms with Gasteiger partial charge in [0, 0.05) is 25.2 Å². The molecule has 0 radical (unpaired) electrons. The maximum atomic E-state index is 5.89. The molecule has 0 unspecified atom stereocenters. The number of likely N-dealkylation sites (N-methyl/N-ethyl adjacent to an activating group) is 1. The Balaban J connectivity index is 2.47. The number of nitrogens with one attached hydrogen (secondary N) is 1. The van der Waals surface area contributed by atoms with Crippen molar-refractivity contribution in [3.8, 4) is 0 Å². The van der Waals surface area contributed by atoms with Gasteiger partial charge < -0.3 is 10.2 Å². The third kappa shape index (κ3) is 1.23. The Kier molecular flexibility index (Phi) is 1.85. The van der Waals surface area contributed by atoms with Crippen molar-refractivity contribution >= 4 is 23.0 Å². The number of hydrogen-bond donors (Lipinski definition) is 1. The van der Waals surface area contributed by atoms with Gasteiger partial charge in [-0.05, 0) is 18.2 Å². The summed E-state index contributed by atoms with van der Waals surface area (Å²) in [5, 5.41) is 4.12. The Morgan fingerprint density at radius 1 is 1.50 bits per heavy atom. The lowest BCUT2D eigenvalue weighted by molar-refractivity contribution is 0.887. The highest BCUT2D eigenvalue weighted by Gasteiger charge is 2.12. The van der Waals surface area contributed by atoms with Crippen molar-refractivity contribution in [3.05, 3.63) is 23.2 Å². The highest BCUT2D eigenvalue weighted by Crippen LogP contribution is 2.30. The zero-order valence-corrected chi connectivity index (χ0v) is 7.73. The summed E-state index contributed by atoms with van der Waals surface area (Å²) in [5.41, 5.74) is 2.36. The Morgan fingerprint density at radius 3 is 3.17 bits per heavy atom. The smallest absolute Gasteiger partial charge is 0.0614 e. The van der Waals surface area contributed by atoms with E-state index < -0.39 is 0 Å². The van der Waals surface area contributed by atoms with E-state index in [2.05, 4.69) is 17.3 Å². The second kappa shape index (κ2) is 2.87. The predicted molar refractivity (Wildman–Crippen MR) is 53.2 cm³/mol. The van der Waals surface area contributed by atoms with E-state index in [4.69, 9.17) is 11.6 Å². The van der Waals surface area contributed by atoms with Gasteiger partial charge in [-0.15, -0.1) is 0 Å². The third-order valence-electron chi connectivity index (χ3n) is 2.13. The van der Waals surface area contributed by atoms with E-state index >= 15 is 0 Å². The van der Waals surface area contributed by atoms with Crippen LogP contribution in [-0.2, 0) is 0 Å². The molecule has 2 rings (SSSR count). The molecule has 0 amide bonds. The summed E-state index contributed by atoms with van der Waals surface area (Å²) in [6.45, 7) is 2.04. The van der Waals surface area contributed by atoms with Crippen molar-refractivity contribution in [2.75, 3.05) is 30.4 Å². The fraction of sp³-hybridized carbons (Fsp3) is 0.333. The molecule has 0 atom stereocenters. The van der Waals surface area contributed by atoms with Gasteiger partial charge in [0.15, 0.2) is 0 Å². The van der Waals surface area contributed by atoms with Gasteiger partial charge in [0.05, 0.1) is 11.4 Å². The molecule has 0 aromatic heterocycles. The number of rotatable bonds is 0. The van der Waals surface area contributed by atoms with E-state index in [0.29, 0.717) is 0 Å². The van der Waals surface area contributed by atoms with E-state index in [0.717, 1.165) is 18.1 Å². The molecule has 0 saturated heterocycles. The van der Waals surface area contributed by atoms with Crippen LogP contribution in [0, 0.1) is 0 Å². The van der Waals surface area contributed by atoms with Crippen LogP contribution in [0.25, 0.3) is 0 Å². The molecule has 12 heavy (non-hydrogen) atoms. The summed E-state index contributed by atoms with van der Waals surface area (Å²) in [6, 6.07) is 5.92. The molecular formula is C9H11ClN2. The monoisotopic (exact) mass is 182 g/mol. The first-order valence-corrected chi connectivity index (χ1v) is 4.40. The van der Waals surface area contributed by atoms with Crippen molar-refractivity contribution in [1.29, 1.82) is 0 Å². The van der Waals surface area contributed by atoms with E-state index in [9.17, 15) is 0 Å². The first kappa shape index (κ1) is 7.74. The van der Waals surface area contributed by atoms with Gasteiger partial charge in [0.2, 0.25) is 0 Å².